The molecule has 0 aromatic heterocycles. The molecule has 1 aliphatic heterocycles. The van der Waals surface area contributed by atoms with Gasteiger partial charge in [-0.1, -0.05) is 12.1 Å². The minimum absolute atomic E-state index is 0.0870. The number of rotatable bonds is 4. The molecule has 1 N–H and O–H groups in total. The van der Waals surface area contributed by atoms with Crippen LogP contribution in [0, 0.1) is 0 Å². The molecule has 6 heteroatoms. The lowest BCUT2D eigenvalue weighted by molar-refractivity contribution is -0.124. The van der Waals surface area contributed by atoms with Crippen LogP contribution in [-0.4, -0.2) is 48.3 Å². The fraction of sp³-hybridized carbons (Fsp3) is 0.308. The molecule has 3 amide bonds. The molecular formula is C13H15N3O3. The standard InChI is InChI=1S/C13H15N3O3/c1-15(2)14-11(17)7-8-16-12(18)9-5-3-4-6-10(9)13(16)19/h3-6H,7-8H2,1-2H3,(H,14,17). The summed E-state index contributed by atoms with van der Waals surface area (Å²) in [6, 6.07) is 6.67. The molecule has 0 spiro atoms. The number of amides is 3. The molecule has 19 heavy (non-hydrogen) atoms. The van der Waals surface area contributed by atoms with Crippen molar-refractivity contribution in [1.29, 1.82) is 0 Å². The van der Waals surface area contributed by atoms with Gasteiger partial charge in [0.2, 0.25) is 5.91 Å². The summed E-state index contributed by atoms with van der Waals surface area (Å²) in [6.07, 6.45) is 0.0870. The van der Waals surface area contributed by atoms with Gasteiger partial charge in [0.1, 0.15) is 0 Å². The fourth-order valence-electron chi connectivity index (χ4n) is 1.96. The maximum atomic E-state index is 12.0. The monoisotopic (exact) mass is 261 g/mol. The van der Waals surface area contributed by atoms with Crippen molar-refractivity contribution in [2.24, 2.45) is 0 Å². The summed E-state index contributed by atoms with van der Waals surface area (Å²) in [6.45, 7) is 0.0893. The van der Waals surface area contributed by atoms with Crippen molar-refractivity contribution >= 4 is 17.7 Å². The smallest absolute Gasteiger partial charge is 0.261 e. The average molecular weight is 261 g/mol. The van der Waals surface area contributed by atoms with E-state index in [9.17, 15) is 14.4 Å². The molecule has 0 unspecified atom stereocenters. The highest BCUT2D eigenvalue weighted by Gasteiger charge is 2.34. The normalized spacial score (nSPS) is 13.9. The molecule has 1 aromatic carbocycles. The van der Waals surface area contributed by atoms with Crippen LogP contribution in [0.15, 0.2) is 24.3 Å². The van der Waals surface area contributed by atoms with Gasteiger partial charge < -0.3 is 0 Å². The number of carbonyl (C=O) groups is 3. The first kappa shape index (κ1) is 13.2. The highest BCUT2D eigenvalue weighted by Crippen LogP contribution is 2.22. The Hall–Kier alpha value is -2.21. The van der Waals surface area contributed by atoms with Gasteiger partial charge in [0, 0.05) is 27.1 Å². The number of hydrogen-bond acceptors (Lipinski definition) is 4. The van der Waals surface area contributed by atoms with Crippen molar-refractivity contribution < 1.29 is 14.4 Å². The van der Waals surface area contributed by atoms with Crippen molar-refractivity contribution in [3.05, 3.63) is 35.4 Å². The number of hydrogen-bond donors (Lipinski definition) is 1. The van der Waals surface area contributed by atoms with Gasteiger partial charge in [-0.2, -0.15) is 0 Å². The Kier molecular flexibility index (Phi) is 3.62. The number of benzene rings is 1. The van der Waals surface area contributed by atoms with Crippen LogP contribution < -0.4 is 5.43 Å². The van der Waals surface area contributed by atoms with E-state index in [4.69, 9.17) is 0 Å². The van der Waals surface area contributed by atoms with Crippen LogP contribution in [0.1, 0.15) is 27.1 Å². The molecule has 2 rings (SSSR count). The van der Waals surface area contributed by atoms with Crippen molar-refractivity contribution in [1.82, 2.24) is 15.3 Å². The zero-order chi connectivity index (χ0) is 14.0. The predicted molar refractivity (Wildman–Crippen MR) is 68.3 cm³/mol. The zero-order valence-electron chi connectivity index (χ0n) is 10.8. The lowest BCUT2D eigenvalue weighted by Gasteiger charge is -2.15. The van der Waals surface area contributed by atoms with Crippen molar-refractivity contribution in [2.45, 2.75) is 6.42 Å². The second-order valence-electron chi connectivity index (χ2n) is 4.49. The summed E-state index contributed by atoms with van der Waals surface area (Å²) >= 11 is 0. The fourth-order valence-corrected chi connectivity index (χ4v) is 1.96. The van der Waals surface area contributed by atoms with Crippen molar-refractivity contribution in [3.63, 3.8) is 0 Å². The van der Waals surface area contributed by atoms with E-state index in [-0.39, 0.29) is 30.7 Å². The van der Waals surface area contributed by atoms with Gasteiger partial charge in [-0.25, -0.2) is 5.01 Å². The molecule has 0 atom stereocenters. The lowest BCUT2D eigenvalue weighted by atomic mass is 10.1. The molecule has 0 fully saturated rings. The Balaban J connectivity index is 2.03. The van der Waals surface area contributed by atoms with Gasteiger partial charge in [-0.05, 0) is 12.1 Å². The van der Waals surface area contributed by atoms with Gasteiger partial charge in [0.05, 0.1) is 11.1 Å². The van der Waals surface area contributed by atoms with Crippen LogP contribution in [0.4, 0.5) is 0 Å². The van der Waals surface area contributed by atoms with E-state index in [0.29, 0.717) is 11.1 Å². The molecule has 0 bridgehead atoms. The Morgan fingerprint density at radius 2 is 1.68 bits per heavy atom. The van der Waals surface area contributed by atoms with E-state index in [1.165, 1.54) is 5.01 Å². The second-order valence-corrected chi connectivity index (χ2v) is 4.49. The van der Waals surface area contributed by atoms with Gasteiger partial charge in [-0.3, -0.25) is 24.7 Å². The molecule has 100 valence electrons. The summed E-state index contributed by atoms with van der Waals surface area (Å²) in [7, 11) is 3.39. The molecule has 1 heterocycles. The number of carbonyl (C=O) groups excluding carboxylic acids is 3. The number of imide groups is 1. The van der Waals surface area contributed by atoms with E-state index in [1.807, 2.05) is 0 Å². The molecule has 0 saturated carbocycles. The first-order valence-electron chi connectivity index (χ1n) is 5.92. The minimum atomic E-state index is -0.335. The van der Waals surface area contributed by atoms with E-state index < -0.39 is 0 Å². The summed E-state index contributed by atoms with van der Waals surface area (Å²) in [5, 5.41) is 1.52. The molecule has 6 nitrogen and oxygen atoms in total. The average Bonchev–Trinajstić information content (AvgIpc) is 2.60. The minimum Gasteiger partial charge on any atom is -0.289 e. The quantitative estimate of drug-likeness (QED) is 0.623. The van der Waals surface area contributed by atoms with E-state index in [0.717, 1.165) is 4.90 Å². The number of nitrogens with one attached hydrogen (secondary N) is 1. The summed E-state index contributed by atoms with van der Waals surface area (Å²) in [5.41, 5.74) is 3.37. The van der Waals surface area contributed by atoms with E-state index in [2.05, 4.69) is 5.43 Å². The second kappa shape index (κ2) is 5.19. The molecule has 0 aliphatic carbocycles. The third-order valence-electron chi connectivity index (χ3n) is 2.79. The van der Waals surface area contributed by atoms with Crippen molar-refractivity contribution in [3.8, 4) is 0 Å². The highest BCUT2D eigenvalue weighted by atomic mass is 16.2. The summed E-state index contributed by atoms with van der Waals surface area (Å²) in [5.74, 6) is -0.905. The van der Waals surface area contributed by atoms with Gasteiger partial charge in [0.25, 0.3) is 11.8 Å². The summed E-state index contributed by atoms with van der Waals surface area (Å²) in [4.78, 5) is 36.6. The molecule has 1 aromatic rings. The lowest BCUT2D eigenvalue weighted by Crippen LogP contribution is -2.39. The van der Waals surface area contributed by atoms with Crippen LogP contribution in [0.5, 0.6) is 0 Å². The predicted octanol–water partition coefficient (Wildman–Crippen LogP) is 0.265. The van der Waals surface area contributed by atoms with Gasteiger partial charge in [-0.15, -0.1) is 0 Å². The van der Waals surface area contributed by atoms with Crippen molar-refractivity contribution in [2.75, 3.05) is 20.6 Å². The van der Waals surface area contributed by atoms with Gasteiger partial charge in [0.15, 0.2) is 0 Å². The van der Waals surface area contributed by atoms with Crippen LogP contribution in [0.2, 0.25) is 0 Å². The number of nitrogens with zero attached hydrogens (tertiary/aromatic N) is 2. The summed E-state index contributed by atoms with van der Waals surface area (Å²) < 4.78 is 0. The third-order valence-corrected chi connectivity index (χ3v) is 2.79. The van der Waals surface area contributed by atoms with Crippen LogP contribution >= 0.6 is 0 Å². The van der Waals surface area contributed by atoms with Crippen LogP contribution in [0.25, 0.3) is 0 Å². The topological polar surface area (TPSA) is 69.7 Å². The maximum Gasteiger partial charge on any atom is 0.261 e. The zero-order valence-corrected chi connectivity index (χ0v) is 10.8. The van der Waals surface area contributed by atoms with Crippen LogP contribution in [-0.2, 0) is 4.79 Å². The van der Waals surface area contributed by atoms with E-state index in [1.54, 1.807) is 38.4 Å². The molecule has 0 saturated heterocycles. The largest absolute Gasteiger partial charge is 0.289 e. The third kappa shape index (κ3) is 2.63. The van der Waals surface area contributed by atoms with E-state index >= 15 is 0 Å². The Morgan fingerprint density at radius 3 is 2.16 bits per heavy atom. The molecule has 0 radical (unpaired) electrons. The molecular weight excluding hydrogens is 246 g/mol. The first-order chi connectivity index (χ1) is 9.00. The SMILES string of the molecule is CN(C)NC(=O)CCN1C(=O)c2ccccc2C1=O. The maximum absolute atomic E-state index is 12.0. The number of hydrazine groups is 1. The highest BCUT2D eigenvalue weighted by molar-refractivity contribution is 6.21. The van der Waals surface area contributed by atoms with Crippen LogP contribution in [0.3, 0.4) is 0 Å². The Bertz CT molecular complexity index is 505. The number of fused-ring (bicyclic) bond motifs is 1. The Morgan fingerprint density at radius 1 is 1.16 bits per heavy atom. The first-order valence-corrected chi connectivity index (χ1v) is 5.92. The Labute approximate surface area is 111 Å². The molecule has 1 aliphatic rings. The van der Waals surface area contributed by atoms with Gasteiger partial charge >= 0.3 is 0 Å².